The van der Waals surface area contributed by atoms with E-state index in [1.54, 1.807) is 17.0 Å². The maximum absolute atomic E-state index is 12.2. The van der Waals surface area contributed by atoms with Crippen LogP contribution in [0.3, 0.4) is 0 Å². The molecule has 0 aromatic heterocycles. The molecule has 1 aliphatic heterocycles. The fourth-order valence-electron chi connectivity index (χ4n) is 1.84. The molecule has 8 heteroatoms. The van der Waals surface area contributed by atoms with E-state index in [2.05, 4.69) is 27.3 Å². The van der Waals surface area contributed by atoms with E-state index in [1.165, 1.54) is 18.9 Å². The first-order valence-electron chi connectivity index (χ1n) is 6.70. The zero-order chi connectivity index (χ0) is 17.0. The summed E-state index contributed by atoms with van der Waals surface area (Å²) in [5, 5.41) is 0. The Balaban J connectivity index is 2.15. The van der Waals surface area contributed by atoms with Crippen molar-refractivity contribution >= 4 is 68.8 Å². The van der Waals surface area contributed by atoms with Gasteiger partial charge in [0, 0.05) is 6.54 Å². The van der Waals surface area contributed by atoms with Gasteiger partial charge in [0.25, 0.3) is 5.91 Å². The molecule has 0 spiro atoms. The molecule has 1 aliphatic rings. The summed E-state index contributed by atoms with van der Waals surface area (Å²) >= 11 is 8.61. The molecule has 0 unspecified atom stereocenters. The molecule has 0 bridgehead atoms. The normalized spacial score (nSPS) is 16.1. The molecule has 1 aromatic carbocycles. The fraction of sp³-hybridized carbons (Fsp3) is 0.267. The molecule has 1 aromatic rings. The monoisotopic (exact) mass is 463 g/mol. The summed E-state index contributed by atoms with van der Waals surface area (Å²) in [5.74, 6) is 0.0888. The summed E-state index contributed by atoms with van der Waals surface area (Å²) in [6, 6.07) is 5.47. The molecule has 122 valence electrons. The van der Waals surface area contributed by atoms with E-state index in [4.69, 9.17) is 17.0 Å². The number of halogens is 1. The number of nitrogens with zero attached hydrogens (tertiary/aromatic N) is 1. The van der Waals surface area contributed by atoms with E-state index < -0.39 is 5.97 Å². The van der Waals surface area contributed by atoms with Crippen molar-refractivity contribution in [2.24, 2.45) is 0 Å². The number of esters is 1. The van der Waals surface area contributed by atoms with Crippen molar-refractivity contribution in [2.75, 3.05) is 20.3 Å². The lowest BCUT2D eigenvalue weighted by atomic mass is 10.2. The highest BCUT2D eigenvalue weighted by Gasteiger charge is 2.30. The molecule has 1 amide bonds. The van der Waals surface area contributed by atoms with Gasteiger partial charge in [0.15, 0.2) is 6.61 Å². The van der Waals surface area contributed by atoms with Gasteiger partial charge in [-0.2, -0.15) is 0 Å². The van der Waals surface area contributed by atoms with E-state index >= 15 is 0 Å². The van der Waals surface area contributed by atoms with Crippen LogP contribution in [0.1, 0.15) is 12.5 Å². The Morgan fingerprint density at radius 2 is 2.22 bits per heavy atom. The Morgan fingerprint density at radius 1 is 1.48 bits per heavy atom. The number of carbonyl (C=O) groups is 2. The van der Waals surface area contributed by atoms with Gasteiger partial charge in [0.1, 0.15) is 10.1 Å². The highest BCUT2D eigenvalue weighted by atomic mass is 127. The van der Waals surface area contributed by atoms with Crippen molar-refractivity contribution in [2.45, 2.75) is 6.92 Å². The highest BCUT2D eigenvalue weighted by Crippen LogP contribution is 2.33. The second kappa shape index (κ2) is 8.11. The van der Waals surface area contributed by atoms with E-state index in [1.807, 2.05) is 19.1 Å². The molecule has 0 aliphatic carbocycles. The van der Waals surface area contributed by atoms with E-state index in [9.17, 15) is 9.59 Å². The summed E-state index contributed by atoms with van der Waals surface area (Å²) < 4.78 is 11.3. The largest absolute Gasteiger partial charge is 0.481 e. The van der Waals surface area contributed by atoms with Crippen LogP contribution in [0.4, 0.5) is 0 Å². The average Bonchev–Trinajstić information content (AvgIpc) is 2.79. The molecular formula is C15H14INO4S2. The number of rotatable bonds is 5. The first kappa shape index (κ1) is 18.2. The van der Waals surface area contributed by atoms with Gasteiger partial charge in [-0.05, 0) is 53.3 Å². The van der Waals surface area contributed by atoms with Crippen LogP contribution in [0.2, 0.25) is 0 Å². The van der Waals surface area contributed by atoms with E-state index in [0.717, 1.165) is 9.13 Å². The molecule has 1 saturated heterocycles. The Hall–Kier alpha value is -1.13. The predicted molar refractivity (Wildman–Crippen MR) is 102 cm³/mol. The number of thioether (sulfide) groups is 1. The summed E-state index contributed by atoms with van der Waals surface area (Å²) in [6.07, 6.45) is 1.81. The number of amides is 1. The first-order valence-corrected chi connectivity index (χ1v) is 9.01. The van der Waals surface area contributed by atoms with Crippen molar-refractivity contribution < 1.29 is 19.1 Å². The summed E-state index contributed by atoms with van der Waals surface area (Å²) in [7, 11) is 1.31. The van der Waals surface area contributed by atoms with Gasteiger partial charge in [0.05, 0.1) is 15.6 Å². The quantitative estimate of drug-likeness (QED) is 0.290. The van der Waals surface area contributed by atoms with Gasteiger partial charge < -0.3 is 9.47 Å². The standard InChI is InChI=1S/C15H14INO4S2/c1-3-17-14(19)12(23-15(17)22)7-9-4-5-11(10(16)6-9)21-8-13(18)20-2/h4-7H,3,8H2,1-2H3/b12-7-. The maximum atomic E-state index is 12.2. The van der Waals surface area contributed by atoms with E-state index in [-0.39, 0.29) is 12.5 Å². The molecule has 2 rings (SSSR count). The average molecular weight is 463 g/mol. The fourth-order valence-corrected chi connectivity index (χ4v) is 3.92. The van der Waals surface area contributed by atoms with Crippen LogP contribution >= 0.6 is 46.6 Å². The SMILES string of the molecule is CCN1C(=O)/C(=C/c2ccc(OCC(=O)OC)c(I)c2)SC1=S. The zero-order valence-electron chi connectivity index (χ0n) is 12.5. The van der Waals surface area contributed by atoms with Crippen molar-refractivity contribution in [3.8, 4) is 5.75 Å². The first-order chi connectivity index (χ1) is 11.0. The third-order valence-electron chi connectivity index (χ3n) is 3.02. The summed E-state index contributed by atoms with van der Waals surface area (Å²) in [5.41, 5.74) is 0.872. The topological polar surface area (TPSA) is 55.8 Å². The number of thiocarbonyl (C=S) groups is 1. The van der Waals surface area contributed by atoms with Crippen LogP contribution in [0.15, 0.2) is 23.1 Å². The summed E-state index contributed by atoms with van der Waals surface area (Å²) in [6.45, 7) is 2.32. The van der Waals surface area contributed by atoms with Crippen LogP contribution in [-0.4, -0.2) is 41.4 Å². The third kappa shape index (κ3) is 4.45. The number of hydrogen-bond acceptors (Lipinski definition) is 6. The smallest absolute Gasteiger partial charge is 0.343 e. The number of ether oxygens (including phenoxy) is 2. The van der Waals surface area contributed by atoms with Crippen molar-refractivity contribution in [3.05, 3.63) is 32.2 Å². The van der Waals surface area contributed by atoms with Gasteiger partial charge in [-0.3, -0.25) is 9.69 Å². The molecule has 23 heavy (non-hydrogen) atoms. The molecule has 0 N–H and O–H groups in total. The van der Waals surface area contributed by atoms with Gasteiger partial charge in [-0.25, -0.2) is 4.79 Å². The number of carbonyl (C=O) groups excluding carboxylic acids is 2. The molecule has 0 radical (unpaired) electrons. The molecule has 0 saturated carbocycles. The van der Waals surface area contributed by atoms with Crippen LogP contribution in [-0.2, 0) is 14.3 Å². The van der Waals surface area contributed by atoms with Crippen LogP contribution in [0.5, 0.6) is 5.75 Å². The maximum Gasteiger partial charge on any atom is 0.343 e. The second-order valence-electron chi connectivity index (χ2n) is 4.48. The minimum absolute atomic E-state index is 0.0662. The Labute approximate surface area is 157 Å². The number of hydrogen-bond donors (Lipinski definition) is 0. The highest BCUT2D eigenvalue weighted by molar-refractivity contribution is 14.1. The zero-order valence-corrected chi connectivity index (χ0v) is 16.3. The predicted octanol–water partition coefficient (Wildman–Crippen LogP) is 3.06. The van der Waals surface area contributed by atoms with Gasteiger partial charge >= 0.3 is 5.97 Å². The molecular weight excluding hydrogens is 449 g/mol. The van der Waals surface area contributed by atoms with Crippen molar-refractivity contribution in [1.29, 1.82) is 0 Å². The lowest BCUT2D eigenvalue weighted by Crippen LogP contribution is -2.27. The molecule has 1 heterocycles. The third-order valence-corrected chi connectivity index (χ3v) is 5.24. The van der Waals surface area contributed by atoms with Crippen molar-refractivity contribution in [3.63, 3.8) is 0 Å². The van der Waals surface area contributed by atoms with E-state index in [0.29, 0.717) is 21.5 Å². The number of benzene rings is 1. The van der Waals surface area contributed by atoms with Gasteiger partial charge in [-0.15, -0.1) is 0 Å². The molecule has 1 fully saturated rings. The van der Waals surface area contributed by atoms with Crippen LogP contribution < -0.4 is 4.74 Å². The number of methoxy groups -OCH3 is 1. The molecule has 5 nitrogen and oxygen atoms in total. The number of likely N-dealkylation sites (N-methyl/N-ethyl adjacent to an activating group) is 1. The minimum atomic E-state index is -0.437. The lowest BCUT2D eigenvalue weighted by Gasteiger charge is -2.09. The van der Waals surface area contributed by atoms with Gasteiger partial charge in [-0.1, -0.05) is 30.0 Å². The van der Waals surface area contributed by atoms with Crippen LogP contribution in [0.25, 0.3) is 6.08 Å². The minimum Gasteiger partial charge on any atom is -0.481 e. The van der Waals surface area contributed by atoms with Gasteiger partial charge in [0.2, 0.25) is 0 Å². The molecule has 0 atom stereocenters. The Kier molecular flexibility index (Phi) is 6.42. The van der Waals surface area contributed by atoms with Crippen LogP contribution in [0, 0.1) is 3.57 Å². The lowest BCUT2D eigenvalue weighted by molar-refractivity contribution is -0.142. The second-order valence-corrected chi connectivity index (χ2v) is 7.32. The van der Waals surface area contributed by atoms with Crippen molar-refractivity contribution in [1.82, 2.24) is 4.90 Å². The summed E-state index contributed by atoms with van der Waals surface area (Å²) in [4.78, 5) is 25.5. The Bertz CT molecular complexity index is 690. The Morgan fingerprint density at radius 3 is 2.78 bits per heavy atom.